The van der Waals surface area contributed by atoms with Gasteiger partial charge in [-0.3, -0.25) is 4.98 Å². The third kappa shape index (κ3) is 3.07. The summed E-state index contributed by atoms with van der Waals surface area (Å²) in [6.45, 7) is 5.03. The molecule has 2 nitrogen and oxygen atoms in total. The van der Waals surface area contributed by atoms with Crippen LogP contribution in [0.3, 0.4) is 0 Å². The van der Waals surface area contributed by atoms with Gasteiger partial charge in [0.25, 0.3) is 0 Å². The lowest BCUT2D eigenvalue weighted by molar-refractivity contribution is 1.10. The van der Waals surface area contributed by atoms with Crippen LogP contribution >= 0.6 is 15.9 Å². The molecule has 0 radical (unpaired) electrons. The van der Waals surface area contributed by atoms with E-state index < -0.39 is 0 Å². The number of pyridine rings is 1. The van der Waals surface area contributed by atoms with Crippen molar-refractivity contribution < 1.29 is 0 Å². The van der Waals surface area contributed by atoms with Crippen LogP contribution in [0.2, 0.25) is 0 Å². The molecule has 0 amide bonds. The highest BCUT2D eigenvalue weighted by Crippen LogP contribution is 2.25. The number of benzene rings is 1. The normalized spacial score (nSPS) is 10.3. The van der Waals surface area contributed by atoms with Crippen LogP contribution in [0.1, 0.15) is 16.7 Å². The molecule has 88 valence electrons. The third-order valence-corrected chi connectivity index (χ3v) is 3.15. The summed E-state index contributed by atoms with van der Waals surface area (Å²) >= 11 is 3.51. The van der Waals surface area contributed by atoms with Crippen LogP contribution in [0.5, 0.6) is 0 Å². The second-order valence-corrected chi connectivity index (χ2v) is 5.05. The van der Waals surface area contributed by atoms with E-state index in [0.29, 0.717) is 0 Å². The molecule has 1 aromatic heterocycles. The highest BCUT2D eigenvalue weighted by molar-refractivity contribution is 9.10. The highest BCUT2D eigenvalue weighted by atomic mass is 79.9. The summed E-state index contributed by atoms with van der Waals surface area (Å²) in [5.74, 6) is 0. The van der Waals surface area contributed by atoms with E-state index in [1.807, 2.05) is 12.3 Å². The summed E-state index contributed by atoms with van der Waals surface area (Å²) < 4.78 is 1.12. The first-order valence-corrected chi connectivity index (χ1v) is 6.35. The predicted octanol–water partition coefficient (Wildman–Crippen LogP) is 4.07. The summed E-state index contributed by atoms with van der Waals surface area (Å²) in [4.78, 5) is 4.11. The molecule has 1 aromatic carbocycles. The molecule has 0 bridgehead atoms. The molecule has 0 saturated heterocycles. The van der Waals surface area contributed by atoms with E-state index in [9.17, 15) is 0 Å². The Kier molecular flexibility index (Phi) is 3.79. The lowest BCUT2D eigenvalue weighted by atomic mass is 10.1. The van der Waals surface area contributed by atoms with Crippen LogP contribution in [0.25, 0.3) is 0 Å². The van der Waals surface area contributed by atoms with Crippen LogP contribution in [-0.4, -0.2) is 4.98 Å². The predicted molar refractivity (Wildman–Crippen MR) is 75.2 cm³/mol. The Labute approximate surface area is 110 Å². The Morgan fingerprint density at radius 1 is 1.24 bits per heavy atom. The van der Waals surface area contributed by atoms with Crippen molar-refractivity contribution in [3.63, 3.8) is 0 Å². The van der Waals surface area contributed by atoms with Gasteiger partial charge in [0.1, 0.15) is 0 Å². The molecule has 0 saturated carbocycles. The van der Waals surface area contributed by atoms with Crippen LogP contribution in [-0.2, 0) is 6.54 Å². The van der Waals surface area contributed by atoms with Crippen molar-refractivity contribution >= 4 is 21.6 Å². The van der Waals surface area contributed by atoms with Gasteiger partial charge in [0, 0.05) is 29.1 Å². The van der Waals surface area contributed by atoms with Crippen molar-refractivity contribution in [2.24, 2.45) is 0 Å². The maximum atomic E-state index is 4.11. The Morgan fingerprint density at radius 2 is 1.94 bits per heavy atom. The summed E-state index contributed by atoms with van der Waals surface area (Å²) in [6, 6.07) is 8.28. The number of aryl methyl sites for hydroxylation is 2. The van der Waals surface area contributed by atoms with Crippen LogP contribution in [0, 0.1) is 13.8 Å². The van der Waals surface area contributed by atoms with Gasteiger partial charge >= 0.3 is 0 Å². The number of halogens is 1. The van der Waals surface area contributed by atoms with Gasteiger partial charge < -0.3 is 5.32 Å². The van der Waals surface area contributed by atoms with Crippen molar-refractivity contribution in [3.05, 3.63) is 57.8 Å². The van der Waals surface area contributed by atoms with Gasteiger partial charge in [-0.1, -0.05) is 22.0 Å². The Hall–Kier alpha value is -1.35. The second kappa shape index (κ2) is 5.32. The molecule has 1 heterocycles. The topological polar surface area (TPSA) is 24.9 Å². The molecule has 1 N–H and O–H groups in total. The molecular weight excluding hydrogens is 276 g/mol. The zero-order valence-electron chi connectivity index (χ0n) is 10.00. The third-order valence-electron chi connectivity index (χ3n) is 2.69. The number of nitrogens with zero attached hydrogens (tertiary/aromatic N) is 1. The fourth-order valence-corrected chi connectivity index (χ4v) is 2.57. The van der Waals surface area contributed by atoms with Gasteiger partial charge in [0.15, 0.2) is 0 Å². The highest BCUT2D eigenvalue weighted by Gasteiger charge is 2.03. The van der Waals surface area contributed by atoms with Crippen LogP contribution < -0.4 is 5.32 Å². The van der Waals surface area contributed by atoms with Crippen LogP contribution in [0.15, 0.2) is 41.1 Å². The maximum absolute atomic E-state index is 4.11. The molecule has 0 unspecified atom stereocenters. The molecule has 0 spiro atoms. The molecule has 0 fully saturated rings. The molecule has 2 aromatic rings. The average Bonchev–Trinajstić information content (AvgIpc) is 2.29. The quantitative estimate of drug-likeness (QED) is 0.922. The molecule has 17 heavy (non-hydrogen) atoms. The number of hydrogen-bond acceptors (Lipinski definition) is 2. The fourth-order valence-electron chi connectivity index (χ4n) is 1.88. The molecule has 2 rings (SSSR count). The minimum Gasteiger partial charge on any atom is -0.380 e. The Balaban J connectivity index is 2.15. The van der Waals surface area contributed by atoms with E-state index in [2.05, 4.69) is 58.3 Å². The molecule has 0 atom stereocenters. The molecular formula is C14H15BrN2. The van der Waals surface area contributed by atoms with E-state index in [-0.39, 0.29) is 0 Å². The van der Waals surface area contributed by atoms with Gasteiger partial charge in [0.05, 0.1) is 0 Å². The smallest absolute Gasteiger partial charge is 0.0416 e. The van der Waals surface area contributed by atoms with E-state index in [4.69, 9.17) is 0 Å². The lowest BCUT2D eigenvalue weighted by Crippen LogP contribution is -2.03. The molecule has 3 heteroatoms. The number of anilines is 1. The van der Waals surface area contributed by atoms with Crippen molar-refractivity contribution in [2.75, 3.05) is 5.32 Å². The minimum absolute atomic E-state index is 0.803. The first kappa shape index (κ1) is 12.1. The van der Waals surface area contributed by atoms with Gasteiger partial charge in [-0.05, 0) is 48.7 Å². The summed E-state index contributed by atoms with van der Waals surface area (Å²) in [6.07, 6.45) is 3.68. The van der Waals surface area contributed by atoms with Gasteiger partial charge in [-0.2, -0.15) is 0 Å². The summed E-state index contributed by atoms with van der Waals surface area (Å²) in [5.41, 5.74) is 4.90. The van der Waals surface area contributed by atoms with Crippen molar-refractivity contribution in [3.8, 4) is 0 Å². The second-order valence-electron chi connectivity index (χ2n) is 4.13. The van der Waals surface area contributed by atoms with Gasteiger partial charge in [-0.25, -0.2) is 0 Å². The maximum Gasteiger partial charge on any atom is 0.0416 e. The molecule has 0 aliphatic heterocycles. The Bertz CT molecular complexity index is 486. The minimum atomic E-state index is 0.803. The number of rotatable bonds is 3. The average molecular weight is 291 g/mol. The fraction of sp³-hybridized carbons (Fsp3) is 0.214. The largest absolute Gasteiger partial charge is 0.380 e. The lowest BCUT2D eigenvalue weighted by Gasteiger charge is -2.13. The van der Waals surface area contributed by atoms with Gasteiger partial charge in [-0.15, -0.1) is 0 Å². The summed E-state index contributed by atoms with van der Waals surface area (Å²) in [7, 11) is 0. The first-order chi connectivity index (χ1) is 8.16. The standard InChI is InChI=1S/C14H15BrN2/c1-10-6-13(15)7-11(2)14(10)17-9-12-4-3-5-16-8-12/h3-8,17H,9H2,1-2H3. The monoisotopic (exact) mass is 290 g/mol. The van der Waals surface area contributed by atoms with E-state index in [1.165, 1.54) is 22.4 Å². The molecule has 0 aliphatic rings. The molecule has 0 aliphatic carbocycles. The Morgan fingerprint density at radius 3 is 2.53 bits per heavy atom. The van der Waals surface area contributed by atoms with Crippen molar-refractivity contribution in [1.29, 1.82) is 0 Å². The number of aromatic nitrogens is 1. The summed E-state index contributed by atoms with van der Waals surface area (Å²) in [5, 5.41) is 3.46. The SMILES string of the molecule is Cc1cc(Br)cc(C)c1NCc1cccnc1. The number of hydrogen-bond donors (Lipinski definition) is 1. The van der Waals surface area contributed by atoms with Crippen molar-refractivity contribution in [2.45, 2.75) is 20.4 Å². The first-order valence-electron chi connectivity index (χ1n) is 5.56. The van der Waals surface area contributed by atoms with Crippen molar-refractivity contribution in [1.82, 2.24) is 4.98 Å². The number of nitrogens with one attached hydrogen (secondary N) is 1. The van der Waals surface area contributed by atoms with E-state index in [0.717, 1.165) is 11.0 Å². The van der Waals surface area contributed by atoms with E-state index in [1.54, 1.807) is 6.20 Å². The zero-order valence-corrected chi connectivity index (χ0v) is 11.6. The van der Waals surface area contributed by atoms with E-state index >= 15 is 0 Å². The van der Waals surface area contributed by atoms with Gasteiger partial charge in [0.2, 0.25) is 0 Å². The zero-order chi connectivity index (χ0) is 12.3. The van der Waals surface area contributed by atoms with Crippen LogP contribution in [0.4, 0.5) is 5.69 Å².